The van der Waals surface area contributed by atoms with Crippen LogP contribution >= 0.6 is 11.8 Å². The zero-order valence-electron chi connectivity index (χ0n) is 12.0. The van der Waals surface area contributed by atoms with Gasteiger partial charge in [-0.25, -0.2) is 0 Å². The van der Waals surface area contributed by atoms with Crippen LogP contribution in [0.25, 0.3) is 0 Å². The summed E-state index contributed by atoms with van der Waals surface area (Å²) in [5.74, 6) is 1.13. The van der Waals surface area contributed by atoms with Crippen molar-refractivity contribution in [2.45, 2.75) is 38.3 Å². The summed E-state index contributed by atoms with van der Waals surface area (Å²) in [6.07, 6.45) is 3.30. The van der Waals surface area contributed by atoms with Gasteiger partial charge in [0, 0.05) is 19.0 Å². The maximum Gasteiger partial charge on any atom is 0.157 e. The van der Waals surface area contributed by atoms with Crippen LogP contribution in [0.2, 0.25) is 0 Å². The van der Waals surface area contributed by atoms with Crippen LogP contribution in [-0.2, 0) is 17.7 Å². The smallest absolute Gasteiger partial charge is 0.157 e. The number of rotatable bonds is 3. The number of amidine groups is 1. The molecule has 2 aliphatic rings. The van der Waals surface area contributed by atoms with E-state index >= 15 is 0 Å². The Bertz CT molecular complexity index is 478. The van der Waals surface area contributed by atoms with Gasteiger partial charge in [0.05, 0.1) is 12.1 Å². The Labute approximate surface area is 125 Å². The van der Waals surface area contributed by atoms with Crippen LogP contribution in [0.15, 0.2) is 29.3 Å². The van der Waals surface area contributed by atoms with Crippen molar-refractivity contribution in [3.63, 3.8) is 0 Å². The summed E-state index contributed by atoms with van der Waals surface area (Å²) in [6.45, 7) is 4.70. The second-order valence-corrected chi connectivity index (χ2v) is 6.56. The average molecular weight is 290 g/mol. The third kappa shape index (κ3) is 3.18. The van der Waals surface area contributed by atoms with Gasteiger partial charge in [-0.2, -0.15) is 0 Å². The molecule has 0 atom stereocenters. The maximum atomic E-state index is 5.45. The highest BCUT2D eigenvalue weighted by molar-refractivity contribution is 8.14. The van der Waals surface area contributed by atoms with Crippen molar-refractivity contribution >= 4 is 16.9 Å². The van der Waals surface area contributed by atoms with Gasteiger partial charge < -0.3 is 10.1 Å². The molecule has 0 aliphatic carbocycles. The predicted octanol–water partition coefficient (Wildman–Crippen LogP) is 2.99. The summed E-state index contributed by atoms with van der Waals surface area (Å²) < 4.78 is 5.45. The van der Waals surface area contributed by atoms with Crippen LogP contribution < -0.4 is 5.32 Å². The van der Waals surface area contributed by atoms with E-state index in [0.29, 0.717) is 0 Å². The van der Waals surface area contributed by atoms with Crippen molar-refractivity contribution in [1.82, 2.24) is 5.32 Å². The first-order valence-corrected chi connectivity index (χ1v) is 8.39. The molecule has 0 bridgehead atoms. The molecule has 2 aliphatic heterocycles. The van der Waals surface area contributed by atoms with Gasteiger partial charge >= 0.3 is 0 Å². The molecule has 2 saturated heterocycles. The fraction of sp³-hybridized carbons (Fsp3) is 0.562. The van der Waals surface area contributed by atoms with Crippen molar-refractivity contribution < 1.29 is 4.74 Å². The van der Waals surface area contributed by atoms with Crippen LogP contribution in [0, 0.1) is 0 Å². The van der Waals surface area contributed by atoms with Crippen molar-refractivity contribution in [3.05, 3.63) is 35.4 Å². The highest BCUT2D eigenvalue weighted by Gasteiger charge is 2.38. The molecular weight excluding hydrogens is 268 g/mol. The van der Waals surface area contributed by atoms with Gasteiger partial charge in [-0.3, -0.25) is 4.99 Å². The monoisotopic (exact) mass is 290 g/mol. The summed E-state index contributed by atoms with van der Waals surface area (Å²) in [5.41, 5.74) is 2.91. The largest absolute Gasteiger partial charge is 0.381 e. The van der Waals surface area contributed by atoms with Crippen LogP contribution in [-0.4, -0.2) is 29.7 Å². The molecule has 1 aromatic rings. The number of hydrogen-bond donors (Lipinski definition) is 1. The Morgan fingerprint density at radius 3 is 2.60 bits per heavy atom. The lowest BCUT2D eigenvalue weighted by atomic mass is 9.93. The number of hydrogen-bond acceptors (Lipinski definition) is 3. The normalized spacial score (nSPS) is 23.1. The Kier molecular flexibility index (Phi) is 4.32. The third-order valence-electron chi connectivity index (χ3n) is 4.14. The van der Waals surface area contributed by atoms with E-state index in [2.05, 4.69) is 36.5 Å². The van der Waals surface area contributed by atoms with Gasteiger partial charge in [-0.05, 0) is 30.4 Å². The second kappa shape index (κ2) is 6.19. The van der Waals surface area contributed by atoms with Crippen molar-refractivity contribution in [3.8, 4) is 0 Å². The Morgan fingerprint density at radius 1 is 1.20 bits per heavy atom. The molecule has 0 radical (unpaired) electrons. The number of aliphatic imine (C=N–C) groups is 1. The molecule has 20 heavy (non-hydrogen) atoms. The first kappa shape index (κ1) is 14.0. The van der Waals surface area contributed by atoms with Gasteiger partial charge in [0.1, 0.15) is 0 Å². The van der Waals surface area contributed by atoms with Crippen LogP contribution in [0.3, 0.4) is 0 Å². The van der Waals surface area contributed by atoms with E-state index in [1.54, 1.807) is 0 Å². The highest BCUT2D eigenvalue weighted by Crippen LogP contribution is 2.31. The first-order valence-electron chi connectivity index (χ1n) is 7.41. The zero-order valence-corrected chi connectivity index (χ0v) is 12.8. The lowest BCUT2D eigenvalue weighted by Gasteiger charge is -2.32. The standard InChI is InChI=1S/C16H22N2OS/c1-2-13-3-5-14(6-4-13)11-17-15-18-16(12-20-15)7-9-19-10-8-16/h3-6H,2,7-12H2,1H3,(H,17,18). The van der Waals surface area contributed by atoms with Crippen molar-refractivity contribution in [2.24, 2.45) is 4.99 Å². The number of thioether (sulfide) groups is 1. The number of benzene rings is 1. The van der Waals surface area contributed by atoms with Crippen molar-refractivity contribution in [1.29, 1.82) is 0 Å². The number of ether oxygens (including phenoxy) is 1. The quantitative estimate of drug-likeness (QED) is 0.929. The molecule has 0 unspecified atom stereocenters. The van der Waals surface area contributed by atoms with Crippen molar-refractivity contribution in [2.75, 3.05) is 19.0 Å². The minimum atomic E-state index is 0.244. The number of nitrogens with zero attached hydrogens (tertiary/aromatic N) is 1. The van der Waals surface area contributed by atoms with E-state index in [9.17, 15) is 0 Å². The van der Waals surface area contributed by atoms with E-state index < -0.39 is 0 Å². The lowest BCUT2D eigenvalue weighted by molar-refractivity contribution is 0.0555. The van der Waals surface area contributed by atoms with Gasteiger partial charge in [0.15, 0.2) is 5.17 Å². The summed E-state index contributed by atoms with van der Waals surface area (Å²) in [4.78, 5) is 4.73. The Balaban J connectivity index is 1.59. The molecule has 0 aromatic heterocycles. The molecule has 3 nitrogen and oxygen atoms in total. The minimum Gasteiger partial charge on any atom is -0.381 e. The highest BCUT2D eigenvalue weighted by atomic mass is 32.2. The summed E-state index contributed by atoms with van der Waals surface area (Å²) in [5, 5.41) is 4.74. The maximum absolute atomic E-state index is 5.45. The van der Waals surface area contributed by atoms with E-state index in [1.807, 2.05) is 11.8 Å². The first-order chi connectivity index (χ1) is 9.80. The summed E-state index contributed by atoms with van der Waals surface area (Å²) in [6, 6.07) is 8.77. The second-order valence-electron chi connectivity index (χ2n) is 5.60. The van der Waals surface area contributed by atoms with Gasteiger partial charge in [0.2, 0.25) is 0 Å². The minimum absolute atomic E-state index is 0.244. The molecular formula is C16H22N2OS. The van der Waals surface area contributed by atoms with E-state index in [1.165, 1.54) is 11.1 Å². The van der Waals surface area contributed by atoms with Gasteiger partial charge in [-0.1, -0.05) is 43.0 Å². The van der Waals surface area contributed by atoms with Crippen LogP contribution in [0.1, 0.15) is 30.9 Å². The van der Waals surface area contributed by atoms with E-state index in [4.69, 9.17) is 9.73 Å². The van der Waals surface area contributed by atoms with Gasteiger partial charge in [-0.15, -0.1) is 0 Å². The molecule has 1 spiro atoms. The Morgan fingerprint density at radius 2 is 1.90 bits per heavy atom. The molecule has 108 valence electrons. The fourth-order valence-electron chi connectivity index (χ4n) is 2.67. The average Bonchev–Trinajstić information content (AvgIpc) is 2.89. The summed E-state index contributed by atoms with van der Waals surface area (Å²) >= 11 is 1.86. The topological polar surface area (TPSA) is 33.6 Å². The number of nitrogens with one attached hydrogen (secondary N) is 1. The number of aryl methyl sites for hydroxylation is 1. The molecule has 3 rings (SSSR count). The third-order valence-corrected chi connectivity index (χ3v) is 5.35. The SMILES string of the molecule is CCc1ccc(CN=C2NC3(CCOCC3)CS2)cc1. The molecule has 2 heterocycles. The Hall–Kier alpha value is -1.00. The predicted molar refractivity (Wildman–Crippen MR) is 85.3 cm³/mol. The molecule has 4 heteroatoms. The molecule has 1 N–H and O–H groups in total. The molecule has 1 aromatic carbocycles. The van der Waals surface area contributed by atoms with Crippen LogP contribution in [0.5, 0.6) is 0 Å². The summed E-state index contributed by atoms with van der Waals surface area (Å²) in [7, 11) is 0. The molecule has 0 saturated carbocycles. The lowest BCUT2D eigenvalue weighted by Crippen LogP contribution is -2.48. The van der Waals surface area contributed by atoms with E-state index in [0.717, 1.165) is 49.9 Å². The molecule has 0 amide bonds. The van der Waals surface area contributed by atoms with E-state index in [-0.39, 0.29) is 5.54 Å². The fourth-order valence-corrected chi connectivity index (χ4v) is 3.88. The van der Waals surface area contributed by atoms with Crippen LogP contribution in [0.4, 0.5) is 0 Å². The zero-order chi connectivity index (χ0) is 13.8. The molecule has 2 fully saturated rings. The van der Waals surface area contributed by atoms with Gasteiger partial charge in [0.25, 0.3) is 0 Å².